The largest absolute Gasteiger partial charge is 0.337 e. The molecule has 0 spiro atoms. The van der Waals surface area contributed by atoms with Crippen LogP contribution in [0.5, 0.6) is 0 Å². The van der Waals surface area contributed by atoms with Gasteiger partial charge in [-0.25, -0.2) is 9.38 Å². The van der Waals surface area contributed by atoms with Crippen molar-refractivity contribution in [3.05, 3.63) is 80.1 Å². The number of aliphatic imine (C=N–C) groups is 1. The molecule has 4 heterocycles. The van der Waals surface area contributed by atoms with E-state index in [1.807, 2.05) is 61.8 Å². The van der Waals surface area contributed by atoms with Gasteiger partial charge in [-0.15, -0.1) is 0 Å². The third-order valence-corrected chi connectivity index (χ3v) is 11.8. The molecule has 48 heavy (non-hydrogen) atoms. The zero-order chi connectivity index (χ0) is 34.7. The van der Waals surface area contributed by atoms with Gasteiger partial charge in [-0.05, 0) is 80.6 Å². The van der Waals surface area contributed by atoms with Crippen LogP contribution in [0.2, 0.25) is 10.0 Å². The topological polar surface area (TPSA) is 76.5 Å². The zero-order valence-electron chi connectivity index (χ0n) is 28.2. The second kappa shape index (κ2) is 13.3. The number of amidine groups is 1. The maximum Gasteiger partial charge on any atom is 0.263 e. The molecule has 2 aromatic rings. The van der Waals surface area contributed by atoms with Gasteiger partial charge in [0.25, 0.3) is 5.91 Å². The van der Waals surface area contributed by atoms with Crippen molar-refractivity contribution >= 4 is 57.9 Å². The lowest BCUT2D eigenvalue weighted by atomic mass is 9.80. The van der Waals surface area contributed by atoms with Crippen LogP contribution >= 0.6 is 35.0 Å². The predicted molar refractivity (Wildman–Crippen MR) is 189 cm³/mol. The Morgan fingerprint density at radius 1 is 1.06 bits per heavy atom. The first kappa shape index (κ1) is 34.8. The van der Waals surface area contributed by atoms with Crippen LogP contribution in [0, 0.1) is 11.7 Å². The summed E-state index contributed by atoms with van der Waals surface area (Å²) in [5, 5.41) is 1.49. The molecule has 0 bridgehead atoms. The summed E-state index contributed by atoms with van der Waals surface area (Å²) < 4.78 is 15.7. The van der Waals surface area contributed by atoms with E-state index in [0.717, 1.165) is 24.1 Å². The van der Waals surface area contributed by atoms with Crippen LogP contribution in [-0.4, -0.2) is 80.2 Å². The number of thioether (sulfide) groups is 1. The van der Waals surface area contributed by atoms with E-state index in [4.69, 9.17) is 28.2 Å². The van der Waals surface area contributed by atoms with E-state index >= 15 is 4.39 Å². The molecule has 4 aliphatic heterocycles. The summed E-state index contributed by atoms with van der Waals surface area (Å²) in [4.78, 5) is 54.3. The van der Waals surface area contributed by atoms with Gasteiger partial charge in [-0.3, -0.25) is 14.4 Å². The summed E-state index contributed by atoms with van der Waals surface area (Å²) >= 11 is 13.8. The molecule has 0 unspecified atom stereocenters. The van der Waals surface area contributed by atoms with Crippen LogP contribution in [0.25, 0.3) is 0 Å². The monoisotopic (exact) mass is 713 g/mol. The van der Waals surface area contributed by atoms with Gasteiger partial charge in [0.1, 0.15) is 22.3 Å². The summed E-state index contributed by atoms with van der Waals surface area (Å²) in [5.74, 6) is -0.776. The van der Waals surface area contributed by atoms with Crippen molar-refractivity contribution in [3.63, 3.8) is 0 Å². The number of carbonyl (C=O) groups is 3. The van der Waals surface area contributed by atoms with E-state index in [-0.39, 0.29) is 35.7 Å². The fraction of sp³-hybridized carbons (Fsp3) is 0.500. The number of benzene rings is 2. The van der Waals surface area contributed by atoms with Gasteiger partial charge < -0.3 is 19.6 Å². The number of rotatable bonds is 6. The highest BCUT2D eigenvalue weighted by Crippen LogP contribution is 2.57. The highest BCUT2D eigenvalue weighted by atomic mass is 35.5. The zero-order valence-corrected chi connectivity index (χ0v) is 30.5. The number of halogens is 3. The van der Waals surface area contributed by atoms with Crippen LogP contribution in [0.15, 0.2) is 58.1 Å². The molecule has 12 heteroatoms. The second-order valence-corrected chi connectivity index (χ2v) is 15.5. The number of allylic oxidation sites excluding steroid dienone is 1. The fourth-order valence-electron chi connectivity index (χ4n) is 7.95. The third kappa shape index (κ3) is 5.92. The van der Waals surface area contributed by atoms with E-state index in [1.165, 1.54) is 17.8 Å². The molecule has 0 N–H and O–H groups in total. The lowest BCUT2D eigenvalue weighted by Gasteiger charge is -2.41. The van der Waals surface area contributed by atoms with Crippen LogP contribution in [0.1, 0.15) is 78.0 Å². The standard InChI is InChI=1S/C36H42Cl2FN5O3S/c1-7-26-13-15-29(33(46)41-16-17-42(22(5)45)21(4)19-41)43(26)34(47)31-30(20(2)3)44-32(23-8-10-24(37)11-9-23)36(6,40-35(44)48-31)27-14-12-25(38)18-28(27)39/h8-12,14,18,20-21,26,29,32H,7,13,15-17,19H2,1-6H3/t21-,26-,29+,32-,36+/m1/s1. The Bertz CT molecular complexity index is 1700. The minimum atomic E-state index is -1.05. The summed E-state index contributed by atoms with van der Waals surface area (Å²) in [6.07, 6.45) is 2.05. The molecular formula is C36H42Cl2FN5O3S. The molecule has 2 fully saturated rings. The molecular weight excluding hydrogens is 672 g/mol. The third-order valence-electron chi connectivity index (χ3n) is 10.3. The van der Waals surface area contributed by atoms with Crippen molar-refractivity contribution in [1.82, 2.24) is 19.6 Å². The number of piperazine rings is 1. The minimum absolute atomic E-state index is 0.00000628. The highest BCUT2D eigenvalue weighted by molar-refractivity contribution is 8.18. The Balaban J connectivity index is 1.39. The summed E-state index contributed by atoms with van der Waals surface area (Å²) in [5.41, 5.74) is 1.04. The second-order valence-electron chi connectivity index (χ2n) is 13.7. The van der Waals surface area contributed by atoms with E-state index in [1.54, 1.807) is 24.0 Å². The van der Waals surface area contributed by atoms with Crippen molar-refractivity contribution < 1.29 is 18.8 Å². The van der Waals surface area contributed by atoms with Crippen LogP contribution in [0.4, 0.5) is 4.39 Å². The summed E-state index contributed by atoms with van der Waals surface area (Å²) in [6, 6.07) is 10.9. The Kier molecular flexibility index (Phi) is 9.65. The number of hydrogen-bond donors (Lipinski definition) is 0. The molecule has 2 aromatic carbocycles. The molecule has 0 saturated carbocycles. The number of carbonyl (C=O) groups excluding carboxylic acids is 3. The fourth-order valence-corrected chi connectivity index (χ4v) is 9.59. The van der Waals surface area contributed by atoms with Crippen molar-refractivity contribution in [2.75, 3.05) is 19.6 Å². The van der Waals surface area contributed by atoms with Crippen LogP contribution < -0.4 is 0 Å². The first-order valence-electron chi connectivity index (χ1n) is 16.7. The number of hydrogen-bond acceptors (Lipinski definition) is 6. The Morgan fingerprint density at radius 2 is 1.75 bits per heavy atom. The van der Waals surface area contributed by atoms with E-state index in [9.17, 15) is 14.4 Å². The molecule has 4 aliphatic rings. The number of amides is 3. The molecule has 3 amide bonds. The van der Waals surface area contributed by atoms with Crippen molar-refractivity contribution in [2.24, 2.45) is 10.9 Å². The lowest BCUT2D eigenvalue weighted by Crippen LogP contribution is -2.58. The van der Waals surface area contributed by atoms with Gasteiger partial charge in [0.05, 0.1) is 6.04 Å². The molecule has 6 rings (SSSR count). The minimum Gasteiger partial charge on any atom is -0.337 e. The van der Waals surface area contributed by atoms with Crippen molar-refractivity contribution in [2.45, 2.75) is 90.5 Å². The number of likely N-dealkylation sites (tertiary alicyclic amines) is 1. The van der Waals surface area contributed by atoms with Crippen molar-refractivity contribution in [3.8, 4) is 0 Å². The van der Waals surface area contributed by atoms with Gasteiger partial charge in [0, 0.05) is 59.9 Å². The number of nitrogens with zero attached hydrogens (tertiary/aromatic N) is 5. The average Bonchev–Trinajstić information content (AvgIpc) is 3.70. The SMILES string of the molecule is CC[C@@H]1CC[C@@H](C(=O)N2CCN(C(C)=O)[C@H](C)C2)N1C(=O)C1=C(C(C)C)N2C(=N[C@@](C)(c3ccc(Cl)cc3F)[C@H]2c2ccc(Cl)cc2)S1. The van der Waals surface area contributed by atoms with Crippen LogP contribution in [-0.2, 0) is 19.9 Å². The first-order chi connectivity index (χ1) is 22.8. The maximum absolute atomic E-state index is 15.7. The smallest absolute Gasteiger partial charge is 0.263 e. The summed E-state index contributed by atoms with van der Waals surface area (Å²) in [6.45, 7) is 12.9. The van der Waals surface area contributed by atoms with Crippen molar-refractivity contribution in [1.29, 1.82) is 0 Å². The molecule has 2 saturated heterocycles. The number of fused-ring (bicyclic) bond motifs is 1. The van der Waals surface area contributed by atoms with E-state index in [0.29, 0.717) is 51.7 Å². The quantitative estimate of drug-likeness (QED) is 0.316. The van der Waals surface area contributed by atoms with Crippen LogP contribution in [0.3, 0.4) is 0 Å². The first-order valence-corrected chi connectivity index (χ1v) is 18.2. The van der Waals surface area contributed by atoms with Gasteiger partial charge >= 0.3 is 0 Å². The van der Waals surface area contributed by atoms with Gasteiger partial charge in [-0.1, -0.05) is 62.2 Å². The molecule has 256 valence electrons. The van der Waals surface area contributed by atoms with Gasteiger partial charge in [-0.2, -0.15) is 0 Å². The summed E-state index contributed by atoms with van der Waals surface area (Å²) in [7, 11) is 0. The lowest BCUT2D eigenvalue weighted by molar-refractivity contribution is -0.147. The van der Waals surface area contributed by atoms with E-state index in [2.05, 4.69) is 11.8 Å². The normalized spacial score (nSPS) is 27.2. The molecule has 0 radical (unpaired) electrons. The average molecular weight is 715 g/mol. The predicted octanol–water partition coefficient (Wildman–Crippen LogP) is 7.22. The highest BCUT2D eigenvalue weighted by Gasteiger charge is 2.55. The Morgan fingerprint density at radius 3 is 2.35 bits per heavy atom. The van der Waals surface area contributed by atoms with E-state index < -0.39 is 23.4 Å². The molecule has 8 nitrogen and oxygen atoms in total. The van der Waals surface area contributed by atoms with Gasteiger partial charge in [0.2, 0.25) is 11.8 Å². The Labute approximate surface area is 296 Å². The maximum atomic E-state index is 15.7. The Hall–Kier alpha value is -3.08. The van der Waals surface area contributed by atoms with Gasteiger partial charge in [0.15, 0.2) is 5.17 Å². The molecule has 5 atom stereocenters. The molecule has 0 aliphatic carbocycles. The molecule has 0 aromatic heterocycles.